The largest absolute Gasteiger partial charge is 0.496 e. The molecule has 458 valence electrons. The molecule has 0 aliphatic carbocycles. The lowest BCUT2D eigenvalue weighted by atomic mass is 10.0. The number of para-hydroxylation sites is 1. The Labute approximate surface area is 497 Å². The van der Waals surface area contributed by atoms with E-state index >= 15 is 0 Å². The summed E-state index contributed by atoms with van der Waals surface area (Å²) in [5.74, 6) is -4.71. The number of hydrogen-bond acceptors (Lipinski definition) is 16. The molecule has 0 spiro atoms. The summed E-state index contributed by atoms with van der Waals surface area (Å²) in [6, 6.07) is 20.8. The first kappa shape index (κ1) is 65.6. The van der Waals surface area contributed by atoms with E-state index in [1.807, 2.05) is 30.5 Å². The smallest absolute Gasteiger partial charge is 0.255 e. The molecule has 6 aromatic rings. The van der Waals surface area contributed by atoms with E-state index in [0.717, 1.165) is 16.5 Å². The molecule has 0 saturated heterocycles. The van der Waals surface area contributed by atoms with Gasteiger partial charge in [0.15, 0.2) is 0 Å². The number of nitrogens with one attached hydrogen (secondary N) is 8. The highest BCUT2D eigenvalue weighted by Crippen LogP contribution is 2.29. The van der Waals surface area contributed by atoms with Crippen molar-refractivity contribution < 1.29 is 57.3 Å². The zero-order valence-electron chi connectivity index (χ0n) is 48.6. The predicted molar refractivity (Wildman–Crippen MR) is 327 cm³/mol. The lowest BCUT2D eigenvalue weighted by Crippen LogP contribution is -2.44. The summed E-state index contributed by atoms with van der Waals surface area (Å²) >= 11 is 0. The monoisotopic (exact) mass is 1180 g/mol. The van der Waals surface area contributed by atoms with Gasteiger partial charge in [-0.15, -0.1) is 0 Å². The Morgan fingerprint density at radius 3 is 1.14 bits per heavy atom. The molecule has 0 fully saturated rings. The van der Waals surface area contributed by atoms with Crippen molar-refractivity contribution in [2.75, 3.05) is 69.3 Å². The fourth-order valence-corrected chi connectivity index (χ4v) is 9.41. The Hall–Kier alpha value is -9.56. The highest BCUT2D eigenvalue weighted by Gasteiger charge is 2.29. The van der Waals surface area contributed by atoms with Crippen molar-refractivity contribution in [1.82, 2.24) is 20.9 Å². The van der Waals surface area contributed by atoms with E-state index in [1.165, 1.54) is 95.2 Å². The molecule has 8 amide bonds. The number of amides is 8. The zero-order chi connectivity index (χ0) is 62.3. The van der Waals surface area contributed by atoms with Gasteiger partial charge in [-0.25, -0.2) is 0 Å². The minimum absolute atomic E-state index is 0.0218. The number of nitrogens with two attached hydrogens (primary N) is 5. The SMILES string of the molecule is COc1ccc(NC(=O)C(CCCCN)NC(=O)c2cc(NC(=O)C(CCCCN)NC(=O)c3cc(NC(=O)C(CCCCN)NC(=O)c4cc(NC(=O)C(N)Cc5c[nH]c6ccccc56)ccc4OC)ccc3OC)ccc2OC)cc1C(N)=O. The number of aromatic amines is 1. The lowest BCUT2D eigenvalue weighted by Gasteiger charge is -2.22. The van der Waals surface area contributed by atoms with Gasteiger partial charge in [-0.1, -0.05) is 18.2 Å². The van der Waals surface area contributed by atoms with Gasteiger partial charge in [0.1, 0.15) is 41.1 Å². The lowest BCUT2D eigenvalue weighted by molar-refractivity contribution is -0.118. The third kappa shape index (κ3) is 18.0. The number of methoxy groups -OCH3 is 4. The Morgan fingerprint density at radius 2 is 0.791 bits per heavy atom. The van der Waals surface area contributed by atoms with Crippen LogP contribution in [0.4, 0.5) is 22.7 Å². The second-order valence-electron chi connectivity index (χ2n) is 20.1. The number of H-pyrrole nitrogens is 1. The summed E-state index contributed by atoms with van der Waals surface area (Å²) in [4.78, 5) is 113. The van der Waals surface area contributed by atoms with Crippen molar-refractivity contribution in [3.05, 3.63) is 131 Å². The minimum atomic E-state index is -1.17. The molecule has 0 aliphatic rings. The molecule has 6 rings (SSSR count). The molecule has 1 aromatic heterocycles. The van der Waals surface area contributed by atoms with Crippen LogP contribution in [0.25, 0.3) is 10.9 Å². The first-order valence-electron chi connectivity index (χ1n) is 28.0. The summed E-state index contributed by atoms with van der Waals surface area (Å²) in [6.45, 7) is 0.981. The van der Waals surface area contributed by atoms with E-state index in [0.29, 0.717) is 58.2 Å². The van der Waals surface area contributed by atoms with Crippen LogP contribution in [0.1, 0.15) is 105 Å². The number of carbonyl (C=O) groups excluding carboxylic acids is 8. The van der Waals surface area contributed by atoms with Gasteiger partial charge in [-0.05, 0) is 168 Å². The van der Waals surface area contributed by atoms with Gasteiger partial charge in [0, 0.05) is 39.8 Å². The average molecular weight is 1180 g/mol. The molecule has 4 atom stereocenters. The highest BCUT2D eigenvalue weighted by molar-refractivity contribution is 6.08. The van der Waals surface area contributed by atoms with Crippen LogP contribution in [0.3, 0.4) is 0 Å². The Balaban J connectivity index is 1.16. The van der Waals surface area contributed by atoms with Gasteiger partial charge >= 0.3 is 0 Å². The van der Waals surface area contributed by atoms with E-state index in [2.05, 4.69) is 42.2 Å². The standard InChI is InChI=1S/C61H77N13O12/c1-83-50-22-18-36(30-41(50)54(66)75)69-59(80)47(15-7-10-26-62)72-56(77)43-32-38(20-24-52(43)85-3)71-61(82)49(17-9-12-28-64)74-57(78)44-33-39(21-25-53(44)86-4)70-60(81)48(16-8-11-27-63)73-55(76)42-31-37(19-23-51(42)84-2)68-58(79)45(65)29-35-34-67-46-14-6-5-13-40(35)46/h5-6,13-14,18-25,30-34,45,47-49,67H,7-12,15-17,26-29,62-65H2,1-4H3,(H2,66,75)(H,68,79)(H,69,80)(H,70,81)(H,71,82)(H,72,77)(H,73,76)(H,74,78). The summed E-state index contributed by atoms with van der Waals surface area (Å²) in [5, 5.41) is 20.4. The number of fused-ring (bicyclic) bond motifs is 1. The second kappa shape index (κ2) is 32.5. The van der Waals surface area contributed by atoms with E-state index in [9.17, 15) is 38.4 Å². The molecule has 0 bridgehead atoms. The fraction of sp³-hybridized carbons (Fsp3) is 0.344. The van der Waals surface area contributed by atoms with E-state index in [-0.39, 0.29) is 93.7 Å². The maximum atomic E-state index is 14.3. The molecular formula is C61H77N13O12. The molecular weight excluding hydrogens is 1110 g/mol. The zero-order valence-corrected chi connectivity index (χ0v) is 48.6. The van der Waals surface area contributed by atoms with Crippen LogP contribution >= 0.6 is 0 Å². The first-order chi connectivity index (χ1) is 41.4. The van der Waals surface area contributed by atoms with Gasteiger partial charge in [0.25, 0.3) is 23.6 Å². The van der Waals surface area contributed by atoms with Crippen LogP contribution in [-0.4, -0.2) is 124 Å². The van der Waals surface area contributed by atoms with Crippen LogP contribution in [0.5, 0.6) is 23.0 Å². The summed E-state index contributed by atoms with van der Waals surface area (Å²) in [5.41, 5.74) is 31.8. The van der Waals surface area contributed by atoms with Crippen molar-refractivity contribution in [3.63, 3.8) is 0 Å². The molecule has 0 saturated carbocycles. The maximum absolute atomic E-state index is 14.3. The number of benzene rings is 5. The fourth-order valence-electron chi connectivity index (χ4n) is 9.41. The van der Waals surface area contributed by atoms with Gasteiger partial charge < -0.3 is 89.8 Å². The summed E-state index contributed by atoms with van der Waals surface area (Å²) < 4.78 is 21.8. The molecule has 25 heteroatoms. The Kier molecular flexibility index (Phi) is 24.8. The van der Waals surface area contributed by atoms with Gasteiger partial charge in [-0.3, -0.25) is 38.4 Å². The predicted octanol–water partition coefficient (Wildman–Crippen LogP) is 4.41. The molecule has 4 unspecified atom stereocenters. The maximum Gasteiger partial charge on any atom is 0.255 e. The van der Waals surface area contributed by atoms with Crippen molar-refractivity contribution in [1.29, 1.82) is 0 Å². The molecule has 5 aromatic carbocycles. The first-order valence-corrected chi connectivity index (χ1v) is 28.0. The molecule has 25 nitrogen and oxygen atoms in total. The number of anilines is 4. The highest BCUT2D eigenvalue weighted by atomic mass is 16.5. The van der Waals surface area contributed by atoms with E-state index in [1.54, 1.807) is 6.07 Å². The number of ether oxygens (including phenoxy) is 4. The topological polar surface area (TPSA) is 404 Å². The minimum Gasteiger partial charge on any atom is -0.496 e. The third-order valence-corrected chi connectivity index (χ3v) is 14.0. The van der Waals surface area contributed by atoms with Crippen LogP contribution < -0.4 is 84.8 Å². The number of rotatable bonds is 33. The van der Waals surface area contributed by atoms with Crippen LogP contribution in [0, 0.1) is 0 Å². The number of aromatic nitrogens is 1. The van der Waals surface area contributed by atoms with Crippen LogP contribution in [-0.2, 0) is 25.6 Å². The van der Waals surface area contributed by atoms with Crippen molar-refractivity contribution >= 4 is 80.9 Å². The second-order valence-corrected chi connectivity index (χ2v) is 20.1. The van der Waals surface area contributed by atoms with E-state index < -0.39 is 71.4 Å². The normalized spacial score (nSPS) is 12.3. The number of hydrogen-bond donors (Lipinski definition) is 13. The molecule has 0 aliphatic heterocycles. The van der Waals surface area contributed by atoms with Gasteiger partial charge in [-0.2, -0.15) is 0 Å². The number of unbranched alkanes of at least 4 members (excludes halogenated alkanes) is 3. The van der Waals surface area contributed by atoms with Gasteiger partial charge in [0.2, 0.25) is 23.6 Å². The van der Waals surface area contributed by atoms with Crippen molar-refractivity contribution in [3.8, 4) is 23.0 Å². The third-order valence-electron chi connectivity index (χ3n) is 14.0. The van der Waals surface area contributed by atoms with E-state index in [4.69, 9.17) is 47.6 Å². The Bertz CT molecular complexity index is 3370. The molecule has 1 heterocycles. The molecule has 0 radical (unpaired) electrons. The molecule has 18 N–H and O–H groups in total. The van der Waals surface area contributed by atoms with Crippen molar-refractivity contribution in [2.45, 2.75) is 88.4 Å². The van der Waals surface area contributed by atoms with Crippen LogP contribution in [0.15, 0.2) is 103 Å². The quantitative estimate of drug-likeness (QED) is 0.0254. The van der Waals surface area contributed by atoms with Gasteiger partial charge in [0.05, 0.1) is 56.7 Å². The number of primary amides is 1. The molecule has 86 heavy (non-hydrogen) atoms. The summed E-state index contributed by atoms with van der Waals surface area (Å²) in [6.07, 6.45) is 5.50. The van der Waals surface area contributed by atoms with Crippen LogP contribution in [0.2, 0.25) is 0 Å². The summed E-state index contributed by atoms with van der Waals surface area (Å²) in [7, 11) is 5.45. The number of carbonyl (C=O) groups is 8. The van der Waals surface area contributed by atoms with Crippen molar-refractivity contribution in [2.24, 2.45) is 28.7 Å². The average Bonchev–Trinajstić information content (AvgIpc) is 2.96. The Morgan fingerprint density at radius 1 is 0.453 bits per heavy atom.